The summed E-state index contributed by atoms with van der Waals surface area (Å²) in [5.41, 5.74) is 1.50. The van der Waals surface area contributed by atoms with Gasteiger partial charge < -0.3 is 20.1 Å². The highest BCUT2D eigenvalue weighted by molar-refractivity contribution is 5.94. The van der Waals surface area contributed by atoms with Crippen LogP contribution in [0.2, 0.25) is 0 Å². The minimum atomic E-state index is -0.719. The van der Waals surface area contributed by atoms with E-state index in [2.05, 4.69) is 20.8 Å². The molecule has 0 spiro atoms. The molecule has 0 atom stereocenters. The topological polar surface area (TPSA) is 124 Å². The minimum Gasteiger partial charge on any atom is -0.463 e. The summed E-state index contributed by atoms with van der Waals surface area (Å²) in [5.74, 6) is -1.31. The number of urea groups is 1. The third-order valence-corrected chi connectivity index (χ3v) is 3.89. The van der Waals surface area contributed by atoms with Crippen molar-refractivity contribution in [3.63, 3.8) is 0 Å². The van der Waals surface area contributed by atoms with E-state index in [0.717, 1.165) is 0 Å². The lowest BCUT2D eigenvalue weighted by molar-refractivity contribution is -0.138. The Balaban J connectivity index is 1.75. The predicted molar refractivity (Wildman–Crippen MR) is 96.6 cm³/mol. The van der Waals surface area contributed by atoms with Crippen LogP contribution in [0.25, 0.3) is 5.69 Å². The summed E-state index contributed by atoms with van der Waals surface area (Å²) in [4.78, 5) is 37.3. The number of nitrogens with zero attached hydrogens (tertiary/aromatic N) is 3. The molecule has 0 unspecified atom stereocenters. The molecule has 10 nitrogen and oxygen atoms in total. The molecule has 0 bridgehead atoms. The van der Waals surface area contributed by atoms with Gasteiger partial charge in [0.2, 0.25) is 0 Å². The molecule has 3 rings (SSSR count). The molecule has 1 aliphatic heterocycles. The van der Waals surface area contributed by atoms with Crippen LogP contribution in [0.4, 0.5) is 4.79 Å². The molecule has 10 heteroatoms. The Kier molecular flexibility index (Phi) is 5.68. The van der Waals surface area contributed by atoms with E-state index in [1.165, 1.54) is 4.80 Å². The molecule has 28 heavy (non-hydrogen) atoms. The van der Waals surface area contributed by atoms with Crippen LogP contribution in [0.3, 0.4) is 0 Å². The molecule has 0 saturated carbocycles. The second-order valence-electron chi connectivity index (χ2n) is 5.82. The van der Waals surface area contributed by atoms with Crippen LogP contribution in [-0.2, 0) is 14.3 Å². The molecule has 0 saturated heterocycles. The molecule has 1 aromatic carbocycles. The van der Waals surface area contributed by atoms with E-state index in [-0.39, 0.29) is 36.7 Å². The van der Waals surface area contributed by atoms with Gasteiger partial charge in [0.1, 0.15) is 6.61 Å². The van der Waals surface area contributed by atoms with Gasteiger partial charge in [0, 0.05) is 0 Å². The van der Waals surface area contributed by atoms with Crippen molar-refractivity contribution < 1.29 is 23.9 Å². The van der Waals surface area contributed by atoms with Gasteiger partial charge in [-0.1, -0.05) is 18.2 Å². The summed E-state index contributed by atoms with van der Waals surface area (Å²) in [6.45, 7) is 3.18. The number of carbonyl (C=O) groups is 3. The van der Waals surface area contributed by atoms with Gasteiger partial charge in [-0.2, -0.15) is 9.90 Å². The van der Waals surface area contributed by atoms with E-state index in [9.17, 15) is 14.4 Å². The lowest BCUT2D eigenvalue weighted by Gasteiger charge is -2.20. The van der Waals surface area contributed by atoms with E-state index in [1.807, 2.05) is 18.2 Å². The highest BCUT2D eigenvalue weighted by Gasteiger charge is 2.25. The number of hydrogen-bond acceptors (Lipinski definition) is 7. The second-order valence-corrected chi connectivity index (χ2v) is 5.82. The molecule has 0 aliphatic carbocycles. The van der Waals surface area contributed by atoms with E-state index < -0.39 is 18.0 Å². The third-order valence-electron chi connectivity index (χ3n) is 3.89. The minimum absolute atomic E-state index is 0.0131. The number of benzene rings is 1. The Morgan fingerprint density at radius 1 is 1.14 bits per heavy atom. The van der Waals surface area contributed by atoms with Gasteiger partial charge in [0.15, 0.2) is 5.69 Å². The first-order valence-electron chi connectivity index (χ1n) is 8.60. The summed E-state index contributed by atoms with van der Waals surface area (Å²) in [7, 11) is 0. The first kappa shape index (κ1) is 19.1. The average molecular weight is 385 g/mol. The lowest BCUT2D eigenvalue weighted by atomic mass is 10.2. The zero-order chi connectivity index (χ0) is 20.1. The normalized spacial score (nSPS) is 13.6. The van der Waals surface area contributed by atoms with Gasteiger partial charge in [0.25, 0.3) is 0 Å². The SMILES string of the molecule is CCOC(=O)C1=C(COC(=O)c2nn(-c3ccccc3)nc2C)NC(=O)NC1. The molecule has 0 radical (unpaired) electrons. The fourth-order valence-corrected chi connectivity index (χ4v) is 2.52. The number of esters is 2. The Hall–Kier alpha value is -3.69. The number of amides is 2. The zero-order valence-electron chi connectivity index (χ0n) is 15.4. The van der Waals surface area contributed by atoms with Crippen molar-refractivity contribution in [2.45, 2.75) is 13.8 Å². The number of para-hydroxylation sites is 1. The van der Waals surface area contributed by atoms with Crippen molar-refractivity contribution in [2.75, 3.05) is 19.8 Å². The molecular weight excluding hydrogens is 366 g/mol. The van der Waals surface area contributed by atoms with Gasteiger partial charge in [-0.3, -0.25) is 0 Å². The van der Waals surface area contributed by atoms with Gasteiger partial charge in [-0.05, 0) is 26.0 Å². The largest absolute Gasteiger partial charge is 0.463 e. The van der Waals surface area contributed by atoms with Crippen LogP contribution in [-0.4, -0.2) is 52.7 Å². The molecule has 1 aliphatic rings. The monoisotopic (exact) mass is 385 g/mol. The maximum Gasteiger partial charge on any atom is 0.361 e. The quantitative estimate of drug-likeness (QED) is 0.707. The Morgan fingerprint density at radius 2 is 1.89 bits per heavy atom. The number of aromatic nitrogens is 3. The molecular formula is C18H19N5O5. The summed E-state index contributed by atoms with van der Waals surface area (Å²) in [6, 6.07) is 8.62. The Bertz CT molecular complexity index is 935. The first-order chi connectivity index (χ1) is 13.5. The van der Waals surface area contributed by atoms with Crippen molar-refractivity contribution >= 4 is 18.0 Å². The van der Waals surface area contributed by atoms with Crippen molar-refractivity contribution in [1.29, 1.82) is 0 Å². The number of ether oxygens (including phenoxy) is 2. The summed E-state index contributed by atoms with van der Waals surface area (Å²) < 4.78 is 10.2. The van der Waals surface area contributed by atoms with Crippen LogP contribution in [0.1, 0.15) is 23.1 Å². The fourth-order valence-electron chi connectivity index (χ4n) is 2.52. The molecule has 146 valence electrons. The van der Waals surface area contributed by atoms with E-state index in [4.69, 9.17) is 9.47 Å². The third kappa shape index (κ3) is 4.17. The number of nitrogens with one attached hydrogen (secondary N) is 2. The van der Waals surface area contributed by atoms with Crippen molar-refractivity contribution in [2.24, 2.45) is 0 Å². The van der Waals surface area contributed by atoms with Crippen molar-refractivity contribution in [3.05, 3.63) is 53.0 Å². The number of rotatable bonds is 6. The first-order valence-corrected chi connectivity index (χ1v) is 8.60. The highest BCUT2D eigenvalue weighted by atomic mass is 16.5. The smallest absolute Gasteiger partial charge is 0.361 e. The standard InChI is InChI=1S/C18H19N5O5/c1-3-27-16(24)13-9-19-18(26)20-14(13)10-28-17(25)15-11(2)21-23(22-15)12-7-5-4-6-8-12/h4-8H,3,9-10H2,1-2H3,(H2,19,20,26). The molecule has 1 aromatic heterocycles. The molecule has 2 heterocycles. The number of carbonyl (C=O) groups excluding carboxylic acids is 3. The van der Waals surface area contributed by atoms with Crippen LogP contribution in [0.5, 0.6) is 0 Å². The zero-order valence-corrected chi connectivity index (χ0v) is 15.4. The lowest BCUT2D eigenvalue weighted by Crippen LogP contribution is -2.45. The van der Waals surface area contributed by atoms with Gasteiger partial charge in [-0.15, -0.1) is 5.10 Å². The fraction of sp³-hybridized carbons (Fsp3) is 0.278. The highest BCUT2D eigenvalue weighted by Crippen LogP contribution is 2.12. The van der Waals surface area contributed by atoms with Gasteiger partial charge >= 0.3 is 18.0 Å². The Morgan fingerprint density at radius 3 is 2.61 bits per heavy atom. The van der Waals surface area contributed by atoms with Crippen molar-refractivity contribution in [3.8, 4) is 5.69 Å². The van der Waals surface area contributed by atoms with Gasteiger partial charge in [0.05, 0.1) is 35.8 Å². The maximum atomic E-state index is 12.4. The van der Waals surface area contributed by atoms with E-state index in [1.54, 1.807) is 26.0 Å². The average Bonchev–Trinajstić information content (AvgIpc) is 3.09. The Labute approximate surface area is 160 Å². The van der Waals surface area contributed by atoms with E-state index >= 15 is 0 Å². The molecule has 2 N–H and O–H groups in total. The van der Waals surface area contributed by atoms with Crippen molar-refractivity contribution in [1.82, 2.24) is 25.6 Å². The summed E-state index contributed by atoms with van der Waals surface area (Å²) >= 11 is 0. The van der Waals surface area contributed by atoms with Crippen LogP contribution >= 0.6 is 0 Å². The van der Waals surface area contributed by atoms with Crippen LogP contribution in [0.15, 0.2) is 41.6 Å². The number of aryl methyl sites for hydroxylation is 1. The second kappa shape index (κ2) is 8.33. The molecule has 2 amide bonds. The summed E-state index contributed by atoms with van der Waals surface area (Å²) in [5, 5.41) is 13.3. The molecule has 0 fully saturated rings. The predicted octanol–water partition coefficient (Wildman–Crippen LogP) is 0.863. The van der Waals surface area contributed by atoms with Gasteiger partial charge in [-0.25, -0.2) is 14.4 Å². The summed E-state index contributed by atoms with van der Waals surface area (Å²) in [6.07, 6.45) is 0. The van der Waals surface area contributed by atoms with Crippen LogP contribution in [0, 0.1) is 6.92 Å². The molecule has 2 aromatic rings. The maximum absolute atomic E-state index is 12.4. The number of hydrogen-bond donors (Lipinski definition) is 2. The van der Waals surface area contributed by atoms with Crippen LogP contribution < -0.4 is 10.6 Å². The van der Waals surface area contributed by atoms with E-state index in [0.29, 0.717) is 11.4 Å².